The molecule has 0 aliphatic rings. The zero-order valence-corrected chi connectivity index (χ0v) is 13.2. The summed E-state index contributed by atoms with van der Waals surface area (Å²) in [7, 11) is 0. The predicted octanol–water partition coefficient (Wildman–Crippen LogP) is 3.46. The van der Waals surface area contributed by atoms with Crippen molar-refractivity contribution in [1.82, 2.24) is 4.90 Å². The van der Waals surface area contributed by atoms with Crippen molar-refractivity contribution in [2.45, 2.75) is 46.1 Å². The highest BCUT2D eigenvalue weighted by Gasteiger charge is 2.01. The Morgan fingerprint density at radius 2 is 1.60 bits per heavy atom. The van der Waals surface area contributed by atoms with Crippen LogP contribution in [0.1, 0.15) is 45.1 Å². The lowest BCUT2D eigenvalue weighted by Crippen LogP contribution is -2.26. The zero-order valence-electron chi connectivity index (χ0n) is 13.2. The lowest BCUT2D eigenvalue weighted by atomic mass is 10.2. The first-order valence-electron chi connectivity index (χ1n) is 8.05. The first kappa shape index (κ1) is 17.0. The molecule has 1 aromatic rings. The molecule has 0 saturated carbocycles. The molecule has 0 spiro atoms. The normalized spacial score (nSPS) is 11.0. The van der Waals surface area contributed by atoms with Gasteiger partial charge in [-0.15, -0.1) is 0 Å². The van der Waals surface area contributed by atoms with Crippen molar-refractivity contribution in [1.29, 1.82) is 0 Å². The van der Waals surface area contributed by atoms with Crippen molar-refractivity contribution >= 4 is 5.69 Å². The molecule has 0 aliphatic heterocycles. The summed E-state index contributed by atoms with van der Waals surface area (Å²) in [6, 6.07) is 8.41. The molecular weight excluding hydrogens is 246 g/mol. The van der Waals surface area contributed by atoms with E-state index in [0.29, 0.717) is 6.54 Å². The van der Waals surface area contributed by atoms with Crippen LogP contribution in [0.15, 0.2) is 24.3 Å². The number of benzene rings is 1. The minimum atomic E-state index is 0.616. The van der Waals surface area contributed by atoms with E-state index in [1.807, 2.05) is 0 Å². The molecule has 0 fully saturated rings. The molecule has 1 rings (SSSR count). The van der Waals surface area contributed by atoms with Gasteiger partial charge in [-0.25, -0.2) is 0 Å². The second kappa shape index (κ2) is 10.7. The van der Waals surface area contributed by atoms with E-state index in [1.165, 1.54) is 56.6 Å². The minimum Gasteiger partial charge on any atom is -0.385 e. The van der Waals surface area contributed by atoms with E-state index in [9.17, 15) is 0 Å². The molecule has 1 aromatic carbocycles. The second-order valence-corrected chi connectivity index (χ2v) is 5.38. The van der Waals surface area contributed by atoms with Crippen LogP contribution < -0.4 is 11.1 Å². The first-order chi connectivity index (χ1) is 9.80. The van der Waals surface area contributed by atoms with Gasteiger partial charge in [-0.1, -0.05) is 26.0 Å². The molecule has 3 heteroatoms. The number of anilines is 1. The van der Waals surface area contributed by atoms with E-state index in [0.717, 1.165) is 6.54 Å². The largest absolute Gasteiger partial charge is 0.385 e. The maximum absolute atomic E-state index is 5.59. The molecule has 0 amide bonds. The molecule has 0 atom stereocenters. The molecule has 20 heavy (non-hydrogen) atoms. The highest BCUT2D eigenvalue weighted by Crippen LogP contribution is 2.09. The Labute approximate surface area is 124 Å². The summed E-state index contributed by atoms with van der Waals surface area (Å²) >= 11 is 0. The minimum absolute atomic E-state index is 0.616. The average Bonchev–Trinajstić information content (AvgIpc) is 2.48. The smallest absolute Gasteiger partial charge is 0.0340 e. The van der Waals surface area contributed by atoms with Crippen molar-refractivity contribution in [3.05, 3.63) is 29.8 Å². The summed E-state index contributed by atoms with van der Waals surface area (Å²) in [5, 5.41) is 3.47. The van der Waals surface area contributed by atoms with E-state index in [2.05, 4.69) is 48.3 Å². The van der Waals surface area contributed by atoms with Gasteiger partial charge in [0.25, 0.3) is 0 Å². The Hall–Kier alpha value is -1.06. The van der Waals surface area contributed by atoms with E-state index in [4.69, 9.17) is 5.73 Å². The highest BCUT2D eigenvalue weighted by molar-refractivity contribution is 5.44. The number of nitrogens with two attached hydrogens (primary N) is 1. The number of nitrogens with zero attached hydrogens (tertiary/aromatic N) is 1. The lowest BCUT2D eigenvalue weighted by molar-refractivity contribution is 0.270. The standard InChI is InChI=1S/C17H31N3/c1-3-12-20(13-4-2)14-6-5-11-19-17-9-7-16(15-18)8-10-17/h7-10,19H,3-6,11-15,18H2,1-2H3. The van der Waals surface area contributed by atoms with Gasteiger partial charge in [0.05, 0.1) is 0 Å². The number of unbranched alkanes of at least 4 members (excludes halogenated alkanes) is 1. The maximum atomic E-state index is 5.59. The molecule has 0 aliphatic carbocycles. The number of hydrogen-bond acceptors (Lipinski definition) is 3. The van der Waals surface area contributed by atoms with Crippen molar-refractivity contribution in [2.75, 3.05) is 31.5 Å². The summed E-state index contributed by atoms with van der Waals surface area (Å²) in [4.78, 5) is 2.58. The third kappa shape index (κ3) is 6.92. The van der Waals surface area contributed by atoms with Crippen LogP contribution in [-0.4, -0.2) is 31.1 Å². The molecule has 0 unspecified atom stereocenters. The van der Waals surface area contributed by atoms with Crippen LogP contribution in [0, 0.1) is 0 Å². The van der Waals surface area contributed by atoms with Crippen LogP contribution in [0.5, 0.6) is 0 Å². The molecule has 0 bridgehead atoms. The molecule has 0 radical (unpaired) electrons. The Bertz CT molecular complexity index is 329. The van der Waals surface area contributed by atoms with Gasteiger partial charge in [0, 0.05) is 18.8 Å². The quantitative estimate of drug-likeness (QED) is 0.609. The molecule has 114 valence electrons. The van der Waals surface area contributed by atoms with E-state index < -0.39 is 0 Å². The van der Waals surface area contributed by atoms with E-state index in [-0.39, 0.29) is 0 Å². The highest BCUT2D eigenvalue weighted by atomic mass is 15.1. The molecule has 0 heterocycles. The van der Waals surface area contributed by atoms with Gasteiger partial charge in [-0.2, -0.15) is 0 Å². The van der Waals surface area contributed by atoms with E-state index in [1.54, 1.807) is 0 Å². The lowest BCUT2D eigenvalue weighted by Gasteiger charge is -2.20. The Morgan fingerprint density at radius 1 is 0.950 bits per heavy atom. The number of nitrogens with one attached hydrogen (secondary N) is 1. The van der Waals surface area contributed by atoms with Gasteiger partial charge in [-0.05, 0) is 63.0 Å². The third-order valence-electron chi connectivity index (χ3n) is 3.50. The van der Waals surface area contributed by atoms with Crippen LogP contribution in [-0.2, 0) is 6.54 Å². The van der Waals surface area contributed by atoms with Crippen LogP contribution in [0.3, 0.4) is 0 Å². The van der Waals surface area contributed by atoms with Gasteiger partial charge in [-0.3, -0.25) is 0 Å². The van der Waals surface area contributed by atoms with Crippen LogP contribution in [0.2, 0.25) is 0 Å². The van der Waals surface area contributed by atoms with Crippen molar-refractivity contribution in [3.8, 4) is 0 Å². The Kier molecular flexibility index (Phi) is 9.09. The van der Waals surface area contributed by atoms with Crippen LogP contribution in [0.25, 0.3) is 0 Å². The summed E-state index contributed by atoms with van der Waals surface area (Å²) in [5.41, 5.74) is 7.97. The molecule has 3 nitrogen and oxygen atoms in total. The van der Waals surface area contributed by atoms with Gasteiger partial charge < -0.3 is 16.0 Å². The fourth-order valence-corrected chi connectivity index (χ4v) is 2.42. The zero-order chi connectivity index (χ0) is 14.6. The van der Waals surface area contributed by atoms with Gasteiger partial charge in [0.15, 0.2) is 0 Å². The Morgan fingerprint density at radius 3 is 2.15 bits per heavy atom. The topological polar surface area (TPSA) is 41.3 Å². The molecule has 3 N–H and O–H groups in total. The SMILES string of the molecule is CCCN(CCC)CCCCNc1ccc(CN)cc1. The van der Waals surface area contributed by atoms with Gasteiger partial charge >= 0.3 is 0 Å². The van der Waals surface area contributed by atoms with E-state index >= 15 is 0 Å². The fourth-order valence-electron chi connectivity index (χ4n) is 2.42. The summed E-state index contributed by atoms with van der Waals surface area (Å²) < 4.78 is 0. The maximum Gasteiger partial charge on any atom is 0.0340 e. The predicted molar refractivity (Wildman–Crippen MR) is 89.1 cm³/mol. The van der Waals surface area contributed by atoms with Crippen molar-refractivity contribution in [2.24, 2.45) is 5.73 Å². The monoisotopic (exact) mass is 277 g/mol. The van der Waals surface area contributed by atoms with Crippen molar-refractivity contribution in [3.63, 3.8) is 0 Å². The fraction of sp³-hybridized carbons (Fsp3) is 0.647. The van der Waals surface area contributed by atoms with Crippen LogP contribution >= 0.6 is 0 Å². The molecule has 0 saturated heterocycles. The van der Waals surface area contributed by atoms with Crippen LogP contribution in [0.4, 0.5) is 5.69 Å². The Balaban J connectivity index is 2.14. The molecular formula is C17H31N3. The number of rotatable bonds is 11. The molecule has 0 aromatic heterocycles. The summed E-state index contributed by atoms with van der Waals surface area (Å²) in [6.45, 7) is 9.89. The summed E-state index contributed by atoms with van der Waals surface area (Å²) in [5.74, 6) is 0. The average molecular weight is 277 g/mol. The summed E-state index contributed by atoms with van der Waals surface area (Å²) in [6.07, 6.45) is 5.01. The van der Waals surface area contributed by atoms with Gasteiger partial charge in [0.1, 0.15) is 0 Å². The number of hydrogen-bond donors (Lipinski definition) is 2. The van der Waals surface area contributed by atoms with Gasteiger partial charge in [0.2, 0.25) is 0 Å². The second-order valence-electron chi connectivity index (χ2n) is 5.38. The third-order valence-corrected chi connectivity index (χ3v) is 3.50. The first-order valence-corrected chi connectivity index (χ1v) is 8.05. The van der Waals surface area contributed by atoms with Crippen molar-refractivity contribution < 1.29 is 0 Å².